The van der Waals surface area contributed by atoms with E-state index >= 15 is 0 Å². The van der Waals surface area contributed by atoms with Crippen LogP contribution in [0.3, 0.4) is 0 Å². The predicted octanol–water partition coefficient (Wildman–Crippen LogP) is 3.66. The molecule has 0 fully saturated rings. The molecule has 0 spiro atoms. The molecule has 0 bridgehead atoms. The Balaban J connectivity index is 1.83. The van der Waals surface area contributed by atoms with Gasteiger partial charge in [0.25, 0.3) is 0 Å². The van der Waals surface area contributed by atoms with Gasteiger partial charge in [-0.05, 0) is 49.0 Å². The normalized spacial score (nSPS) is 11.9. The van der Waals surface area contributed by atoms with Crippen LogP contribution in [0.2, 0.25) is 5.02 Å². The molecule has 0 aliphatic rings. The second kappa shape index (κ2) is 6.59. The molecule has 1 aromatic heterocycles. The number of thiocarbonyl (C=S) groups is 1. The summed E-state index contributed by atoms with van der Waals surface area (Å²) in [5.74, 6) is 0.850. The fourth-order valence-corrected chi connectivity index (χ4v) is 2.04. The minimum atomic E-state index is 0.119. The average molecular weight is 295 g/mol. The van der Waals surface area contributed by atoms with Crippen molar-refractivity contribution in [1.29, 1.82) is 0 Å². The van der Waals surface area contributed by atoms with Crippen LogP contribution in [0.25, 0.3) is 0 Å². The number of hydrogen-bond donors (Lipinski definition) is 2. The molecule has 0 aliphatic carbocycles. The zero-order valence-electron chi connectivity index (χ0n) is 10.5. The van der Waals surface area contributed by atoms with Gasteiger partial charge in [-0.25, -0.2) is 0 Å². The van der Waals surface area contributed by atoms with E-state index in [4.69, 9.17) is 28.2 Å². The van der Waals surface area contributed by atoms with E-state index in [-0.39, 0.29) is 6.04 Å². The minimum absolute atomic E-state index is 0.119. The predicted molar refractivity (Wildman–Crippen MR) is 81.1 cm³/mol. The summed E-state index contributed by atoms with van der Waals surface area (Å²) in [7, 11) is 0. The summed E-state index contributed by atoms with van der Waals surface area (Å²) >= 11 is 11.1. The smallest absolute Gasteiger partial charge is 0.167 e. The zero-order chi connectivity index (χ0) is 13.7. The standard InChI is InChI=1S/C14H15ClN2OS/c1-10(11-4-6-12(15)7-5-11)17-14(19)16-9-13-3-2-8-18-13/h2-8,10H,9H2,1H3,(H2,16,17,19)/t10-/m0/s1. The van der Waals surface area contributed by atoms with Gasteiger partial charge >= 0.3 is 0 Å². The third kappa shape index (κ3) is 4.26. The second-order valence-corrected chi connectivity index (χ2v) is 5.02. The fraction of sp³-hybridized carbons (Fsp3) is 0.214. The Morgan fingerprint density at radius 1 is 1.32 bits per heavy atom. The molecule has 2 rings (SSSR count). The summed E-state index contributed by atoms with van der Waals surface area (Å²) in [6, 6.07) is 11.6. The molecule has 1 atom stereocenters. The minimum Gasteiger partial charge on any atom is -0.467 e. The lowest BCUT2D eigenvalue weighted by Gasteiger charge is -2.17. The van der Waals surface area contributed by atoms with Crippen molar-refractivity contribution >= 4 is 28.9 Å². The SMILES string of the molecule is C[C@H](NC(=S)NCc1ccco1)c1ccc(Cl)cc1. The van der Waals surface area contributed by atoms with Crippen LogP contribution in [0.15, 0.2) is 47.1 Å². The highest BCUT2D eigenvalue weighted by Crippen LogP contribution is 2.15. The summed E-state index contributed by atoms with van der Waals surface area (Å²) in [6.45, 7) is 2.62. The summed E-state index contributed by atoms with van der Waals surface area (Å²) in [5.41, 5.74) is 1.13. The van der Waals surface area contributed by atoms with E-state index in [9.17, 15) is 0 Å². The first-order valence-electron chi connectivity index (χ1n) is 5.97. The number of rotatable bonds is 4. The molecule has 2 N–H and O–H groups in total. The van der Waals surface area contributed by atoms with Gasteiger partial charge in [0.05, 0.1) is 18.8 Å². The van der Waals surface area contributed by atoms with Crippen molar-refractivity contribution in [2.24, 2.45) is 0 Å². The molecule has 100 valence electrons. The van der Waals surface area contributed by atoms with Gasteiger partial charge in [-0.2, -0.15) is 0 Å². The number of halogens is 1. The van der Waals surface area contributed by atoms with Gasteiger partial charge < -0.3 is 15.1 Å². The molecule has 5 heteroatoms. The third-order valence-corrected chi connectivity index (χ3v) is 3.24. The van der Waals surface area contributed by atoms with Gasteiger partial charge in [-0.1, -0.05) is 23.7 Å². The highest BCUT2D eigenvalue weighted by molar-refractivity contribution is 7.80. The van der Waals surface area contributed by atoms with Gasteiger partial charge in [0.1, 0.15) is 5.76 Å². The summed E-state index contributed by atoms with van der Waals surface area (Å²) in [5, 5.41) is 7.64. The Bertz CT molecular complexity index is 525. The summed E-state index contributed by atoms with van der Waals surface area (Å²) in [4.78, 5) is 0. The first-order valence-corrected chi connectivity index (χ1v) is 6.76. The van der Waals surface area contributed by atoms with Crippen LogP contribution in [-0.4, -0.2) is 5.11 Å². The highest BCUT2D eigenvalue weighted by Gasteiger charge is 2.07. The number of hydrogen-bond acceptors (Lipinski definition) is 2. The van der Waals surface area contributed by atoms with Crippen molar-refractivity contribution in [3.8, 4) is 0 Å². The molecule has 2 aromatic rings. The van der Waals surface area contributed by atoms with E-state index in [1.165, 1.54) is 0 Å². The molecule has 1 heterocycles. The van der Waals surface area contributed by atoms with Crippen LogP contribution < -0.4 is 10.6 Å². The van der Waals surface area contributed by atoms with Gasteiger partial charge in [0.15, 0.2) is 5.11 Å². The third-order valence-electron chi connectivity index (χ3n) is 2.72. The summed E-state index contributed by atoms with van der Waals surface area (Å²) < 4.78 is 5.22. The van der Waals surface area contributed by atoms with E-state index in [0.717, 1.165) is 16.3 Å². The van der Waals surface area contributed by atoms with E-state index in [1.54, 1.807) is 6.26 Å². The zero-order valence-corrected chi connectivity index (χ0v) is 12.1. The monoisotopic (exact) mass is 294 g/mol. The molecule has 0 saturated heterocycles. The van der Waals surface area contributed by atoms with E-state index in [2.05, 4.69) is 10.6 Å². The topological polar surface area (TPSA) is 37.2 Å². The average Bonchev–Trinajstić information content (AvgIpc) is 2.90. The van der Waals surface area contributed by atoms with Crippen LogP contribution in [0.1, 0.15) is 24.3 Å². The van der Waals surface area contributed by atoms with Crippen LogP contribution in [0.5, 0.6) is 0 Å². The largest absolute Gasteiger partial charge is 0.467 e. The molecule has 19 heavy (non-hydrogen) atoms. The van der Waals surface area contributed by atoms with Gasteiger partial charge in [-0.3, -0.25) is 0 Å². The maximum atomic E-state index is 5.86. The maximum absolute atomic E-state index is 5.86. The molecular weight excluding hydrogens is 280 g/mol. The molecular formula is C14H15ClN2OS. The van der Waals surface area contributed by atoms with Crippen LogP contribution in [-0.2, 0) is 6.54 Å². The first kappa shape index (κ1) is 13.9. The molecule has 0 aliphatic heterocycles. The van der Waals surface area contributed by atoms with E-state index < -0.39 is 0 Å². The van der Waals surface area contributed by atoms with Crippen molar-refractivity contribution in [2.45, 2.75) is 19.5 Å². The Morgan fingerprint density at radius 3 is 2.68 bits per heavy atom. The quantitative estimate of drug-likeness (QED) is 0.844. The Morgan fingerprint density at radius 2 is 2.05 bits per heavy atom. The fourth-order valence-electron chi connectivity index (χ4n) is 1.66. The Kier molecular flexibility index (Phi) is 4.82. The molecule has 1 aromatic carbocycles. The lowest BCUT2D eigenvalue weighted by atomic mass is 10.1. The maximum Gasteiger partial charge on any atom is 0.167 e. The highest BCUT2D eigenvalue weighted by atomic mass is 35.5. The molecule has 0 amide bonds. The van der Waals surface area contributed by atoms with Crippen LogP contribution in [0.4, 0.5) is 0 Å². The van der Waals surface area contributed by atoms with Crippen molar-refractivity contribution in [3.05, 3.63) is 59.0 Å². The van der Waals surface area contributed by atoms with Crippen LogP contribution in [0, 0.1) is 0 Å². The first-order chi connectivity index (χ1) is 9.15. The van der Waals surface area contributed by atoms with Crippen molar-refractivity contribution in [2.75, 3.05) is 0 Å². The van der Waals surface area contributed by atoms with Crippen molar-refractivity contribution in [3.63, 3.8) is 0 Å². The Labute approximate surface area is 123 Å². The molecule has 3 nitrogen and oxygen atoms in total. The number of benzene rings is 1. The lowest BCUT2D eigenvalue weighted by Crippen LogP contribution is -2.36. The summed E-state index contributed by atoms with van der Waals surface area (Å²) in [6.07, 6.45) is 1.64. The van der Waals surface area contributed by atoms with Crippen molar-refractivity contribution < 1.29 is 4.42 Å². The van der Waals surface area contributed by atoms with Crippen molar-refractivity contribution in [1.82, 2.24) is 10.6 Å². The van der Waals surface area contributed by atoms with Gasteiger partial charge in [-0.15, -0.1) is 0 Å². The second-order valence-electron chi connectivity index (χ2n) is 4.18. The lowest BCUT2D eigenvalue weighted by molar-refractivity contribution is 0.501. The van der Waals surface area contributed by atoms with Crippen LogP contribution >= 0.6 is 23.8 Å². The molecule has 0 unspecified atom stereocenters. The van der Waals surface area contributed by atoms with E-state index in [0.29, 0.717) is 11.7 Å². The molecule has 0 saturated carbocycles. The van der Waals surface area contributed by atoms with Gasteiger partial charge in [0.2, 0.25) is 0 Å². The van der Waals surface area contributed by atoms with Gasteiger partial charge in [0, 0.05) is 5.02 Å². The molecule has 0 radical (unpaired) electrons. The Hall–Kier alpha value is -1.52. The number of nitrogens with one attached hydrogen (secondary N) is 2. The number of furan rings is 1. The van der Waals surface area contributed by atoms with E-state index in [1.807, 2.05) is 43.3 Å².